The van der Waals surface area contributed by atoms with Crippen LogP contribution in [0.3, 0.4) is 0 Å². The van der Waals surface area contributed by atoms with E-state index < -0.39 is 5.91 Å². The largest absolute Gasteiger partial charge is 0.497 e. The number of methoxy groups -OCH3 is 1. The highest BCUT2D eigenvalue weighted by molar-refractivity contribution is 9.10. The van der Waals surface area contributed by atoms with Crippen LogP contribution in [-0.2, 0) is 11.4 Å². The second-order valence-corrected chi connectivity index (χ2v) is 7.23. The Morgan fingerprint density at radius 2 is 1.90 bits per heavy atom. The molecule has 1 amide bonds. The fourth-order valence-electron chi connectivity index (χ4n) is 2.70. The van der Waals surface area contributed by atoms with Crippen molar-refractivity contribution in [1.82, 2.24) is 0 Å². The van der Waals surface area contributed by atoms with Crippen LogP contribution >= 0.6 is 15.9 Å². The summed E-state index contributed by atoms with van der Waals surface area (Å²) in [5, 5.41) is 12.3. The van der Waals surface area contributed by atoms with Gasteiger partial charge >= 0.3 is 0 Å². The maximum Gasteiger partial charge on any atom is 0.266 e. The Labute approximate surface area is 183 Å². The number of ether oxygens (including phenoxy) is 2. The summed E-state index contributed by atoms with van der Waals surface area (Å²) in [4.78, 5) is 12.6. The van der Waals surface area contributed by atoms with Gasteiger partial charge in [-0.1, -0.05) is 52.3 Å². The normalized spacial score (nSPS) is 10.8. The number of anilines is 1. The van der Waals surface area contributed by atoms with Gasteiger partial charge in [0.05, 0.1) is 7.11 Å². The van der Waals surface area contributed by atoms with Crippen LogP contribution in [-0.4, -0.2) is 13.0 Å². The van der Waals surface area contributed by atoms with E-state index in [-0.39, 0.29) is 5.57 Å². The number of nitrogens with zero attached hydrogens (tertiary/aromatic N) is 1. The van der Waals surface area contributed by atoms with E-state index in [0.29, 0.717) is 29.4 Å². The lowest BCUT2D eigenvalue weighted by atomic mass is 10.1. The van der Waals surface area contributed by atoms with E-state index in [9.17, 15) is 10.1 Å². The van der Waals surface area contributed by atoms with Gasteiger partial charge in [0.1, 0.15) is 29.7 Å². The minimum atomic E-state index is -0.514. The molecule has 30 heavy (non-hydrogen) atoms. The number of halogens is 1. The molecule has 0 saturated carbocycles. The molecule has 150 valence electrons. The topological polar surface area (TPSA) is 71.3 Å². The first-order valence-corrected chi connectivity index (χ1v) is 9.92. The lowest BCUT2D eigenvalue weighted by Crippen LogP contribution is -2.13. The number of carbonyl (C=O) groups is 1. The molecule has 3 aromatic rings. The third-order valence-corrected chi connectivity index (χ3v) is 4.69. The highest BCUT2D eigenvalue weighted by Gasteiger charge is 2.12. The molecule has 3 aromatic carbocycles. The van der Waals surface area contributed by atoms with Crippen molar-refractivity contribution < 1.29 is 14.3 Å². The monoisotopic (exact) mass is 462 g/mol. The van der Waals surface area contributed by atoms with E-state index in [2.05, 4.69) is 21.2 Å². The van der Waals surface area contributed by atoms with E-state index in [1.807, 2.05) is 42.5 Å². The van der Waals surface area contributed by atoms with E-state index in [0.717, 1.165) is 10.0 Å². The third-order valence-electron chi connectivity index (χ3n) is 4.20. The predicted octanol–water partition coefficient (Wildman–Crippen LogP) is 5.58. The quantitative estimate of drug-likeness (QED) is 0.367. The van der Waals surface area contributed by atoms with Gasteiger partial charge in [-0.3, -0.25) is 4.79 Å². The van der Waals surface area contributed by atoms with Crippen molar-refractivity contribution in [2.24, 2.45) is 0 Å². The highest BCUT2D eigenvalue weighted by Crippen LogP contribution is 2.27. The molecule has 3 rings (SSSR count). The average Bonchev–Trinajstić information content (AvgIpc) is 2.77. The first-order chi connectivity index (χ1) is 14.6. The number of amides is 1. The molecule has 0 unspecified atom stereocenters. The fourth-order valence-corrected chi connectivity index (χ4v) is 3.08. The minimum Gasteiger partial charge on any atom is -0.497 e. The lowest BCUT2D eigenvalue weighted by molar-refractivity contribution is -0.112. The minimum absolute atomic E-state index is 0.0412. The van der Waals surface area contributed by atoms with Crippen molar-refractivity contribution in [3.05, 3.63) is 94.0 Å². The Bertz CT molecular complexity index is 1100. The van der Waals surface area contributed by atoms with Gasteiger partial charge in [-0.05, 0) is 42.0 Å². The lowest BCUT2D eigenvalue weighted by Gasteiger charge is -2.11. The highest BCUT2D eigenvalue weighted by atomic mass is 79.9. The number of nitrogens with one attached hydrogen (secondary N) is 1. The van der Waals surface area contributed by atoms with Gasteiger partial charge < -0.3 is 14.8 Å². The van der Waals surface area contributed by atoms with Crippen molar-refractivity contribution in [3.63, 3.8) is 0 Å². The Kier molecular flexibility index (Phi) is 7.25. The molecule has 0 aliphatic rings. The van der Waals surface area contributed by atoms with Crippen LogP contribution in [0.1, 0.15) is 11.1 Å². The van der Waals surface area contributed by atoms with Crippen molar-refractivity contribution in [3.8, 4) is 17.6 Å². The van der Waals surface area contributed by atoms with E-state index >= 15 is 0 Å². The second-order valence-electron chi connectivity index (χ2n) is 6.31. The fraction of sp³-hybridized carbons (Fsp3) is 0.0833. The van der Waals surface area contributed by atoms with Gasteiger partial charge in [0, 0.05) is 21.8 Å². The van der Waals surface area contributed by atoms with Crippen LogP contribution in [0.2, 0.25) is 0 Å². The molecule has 0 fully saturated rings. The Balaban J connectivity index is 1.82. The zero-order valence-corrected chi connectivity index (χ0v) is 17.8. The number of hydrogen-bond donors (Lipinski definition) is 1. The molecule has 0 radical (unpaired) electrons. The van der Waals surface area contributed by atoms with E-state index in [1.54, 1.807) is 43.5 Å². The molecule has 0 heterocycles. The van der Waals surface area contributed by atoms with Crippen molar-refractivity contribution >= 4 is 33.6 Å². The number of nitriles is 1. The van der Waals surface area contributed by atoms with Crippen LogP contribution in [0.25, 0.3) is 6.08 Å². The first kappa shape index (κ1) is 21.2. The Hall–Kier alpha value is -3.56. The summed E-state index contributed by atoms with van der Waals surface area (Å²) in [7, 11) is 1.55. The molecule has 0 aliphatic carbocycles. The molecular weight excluding hydrogens is 444 g/mol. The van der Waals surface area contributed by atoms with Gasteiger partial charge in [-0.15, -0.1) is 0 Å². The smallest absolute Gasteiger partial charge is 0.266 e. The van der Waals surface area contributed by atoms with Gasteiger partial charge in [-0.25, -0.2) is 0 Å². The van der Waals surface area contributed by atoms with Gasteiger partial charge in [0.2, 0.25) is 0 Å². The molecule has 1 N–H and O–H groups in total. The summed E-state index contributed by atoms with van der Waals surface area (Å²) in [6.07, 6.45) is 1.51. The van der Waals surface area contributed by atoms with Crippen molar-refractivity contribution in [1.29, 1.82) is 5.26 Å². The second kappa shape index (κ2) is 10.3. The van der Waals surface area contributed by atoms with Crippen LogP contribution in [0.4, 0.5) is 5.69 Å². The molecule has 0 atom stereocenters. The summed E-state index contributed by atoms with van der Waals surface area (Å²) in [6.45, 7) is 0.376. The molecule has 6 heteroatoms. The first-order valence-electron chi connectivity index (χ1n) is 9.12. The SMILES string of the molecule is COc1cccc(NC(=O)/C(C#N)=C/c2cc(Br)ccc2OCc2ccccc2)c1. The third kappa shape index (κ3) is 5.72. The predicted molar refractivity (Wildman–Crippen MR) is 120 cm³/mol. The number of hydrogen-bond acceptors (Lipinski definition) is 4. The number of benzene rings is 3. The summed E-state index contributed by atoms with van der Waals surface area (Å²) in [5.41, 5.74) is 2.14. The van der Waals surface area contributed by atoms with Crippen LogP contribution in [0, 0.1) is 11.3 Å². The molecule has 0 bridgehead atoms. The number of carbonyl (C=O) groups excluding carboxylic acids is 1. The van der Waals surface area contributed by atoms with Crippen LogP contribution in [0.15, 0.2) is 82.8 Å². The van der Waals surface area contributed by atoms with E-state index in [4.69, 9.17) is 9.47 Å². The zero-order chi connectivity index (χ0) is 21.3. The standard InChI is InChI=1S/C24H19BrN2O3/c1-29-22-9-5-8-21(14-22)27-24(28)19(15-26)12-18-13-20(25)10-11-23(18)30-16-17-6-3-2-4-7-17/h2-14H,16H2,1H3,(H,27,28)/b19-12+. The molecular formula is C24H19BrN2O3. The average molecular weight is 463 g/mol. The van der Waals surface area contributed by atoms with Crippen LogP contribution < -0.4 is 14.8 Å². The van der Waals surface area contributed by atoms with Crippen molar-refractivity contribution in [2.75, 3.05) is 12.4 Å². The Morgan fingerprint density at radius 3 is 2.63 bits per heavy atom. The maximum absolute atomic E-state index is 12.6. The Morgan fingerprint density at radius 1 is 1.10 bits per heavy atom. The summed E-state index contributed by atoms with van der Waals surface area (Å²) >= 11 is 3.43. The molecule has 0 saturated heterocycles. The summed E-state index contributed by atoms with van der Waals surface area (Å²) in [6, 6.07) is 24.1. The summed E-state index contributed by atoms with van der Waals surface area (Å²) in [5.74, 6) is 0.669. The van der Waals surface area contributed by atoms with Gasteiger partial charge in [0.25, 0.3) is 5.91 Å². The van der Waals surface area contributed by atoms with E-state index in [1.165, 1.54) is 6.08 Å². The van der Waals surface area contributed by atoms with Crippen molar-refractivity contribution in [2.45, 2.75) is 6.61 Å². The maximum atomic E-state index is 12.6. The van der Waals surface area contributed by atoms with Gasteiger partial charge in [-0.2, -0.15) is 5.26 Å². The number of rotatable bonds is 7. The molecule has 5 nitrogen and oxygen atoms in total. The molecule has 0 aromatic heterocycles. The molecule has 0 aliphatic heterocycles. The van der Waals surface area contributed by atoms with Crippen LogP contribution in [0.5, 0.6) is 11.5 Å². The molecule has 0 spiro atoms. The zero-order valence-electron chi connectivity index (χ0n) is 16.3. The summed E-state index contributed by atoms with van der Waals surface area (Å²) < 4.78 is 11.9. The van der Waals surface area contributed by atoms with Gasteiger partial charge in [0.15, 0.2) is 0 Å².